The van der Waals surface area contributed by atoms with Gasteiger partial charge in [0.05, 0.1) is 18.7 Å². The first-order valence-electron chi connectivity index (χ1n) is 8.24. The van der Waals surface area contributed by atoms with Gasteiger partial charge in [-0.3, -0.25) is 4.79 Å². The summed E-state index contributed by atoms with van der Waals surface area (Å²) < 4.78 is 10.7. The lowest BCUT2D eigenvalue weighted by Crippen LogP contribution is -2.55. The molecule has 0 spiro atoms. The summed E-state index contributed by atoms with van der Waals surface area (Å²) in [6.07, 6.45) is 1.37. The number of ether oxygens (including phenoxy) is 2. The molecule has 1 aromatic rings. The Morgan fingerprint density at radius 3 is 2.79 bits per heavy atom. The van der Waals surface area contributed by atoms with Crippen molar-refractivity contribution in [1.29, 1.82) is 0 Å². The fourth-order valence-electron chi connectivity index (χ4n) is 3.47. The molecule has 2 atom stereocenters. The van der Waals surface area contributed by atoms with Crippen LogP contribution in [-0.2, 0) is 9.53 Å². The summed E-state index contributed by atoms with van der Waals surface area (Å²) in [5, 5.41) is 10.9. The van der Waals surface area contributed by atoms with Crippen LogP contribution in [0.3, 0.4) is 0 Å². The van der Waals surface area contributed by atoms with Crippen LogP contribution in [0.5, 0.6) is 5.75 Å². The average molecular weight is 333 g/mol. The summed E-state index contributed by atoms with van der Waals surface area (Å²) in [5.74, 6) is 0.152. The molecule has 0 aliphatic carbocycles. The van der Waals surface area contributed by atoms with E-state index in [1.165, 1.54) is 7.11 Å². The number of aliphatic hydroxyl groups excluding tert-OH is 1. The van der Waals surface area contributed by atoms with Crippen LogP contribution in [-0.4, -0.2) is 47.2 Å². The third-order valence-electron chi connectivity index (χ3n) is 4.83. The Hall–Kier alpha value is -2.08. The van der Waals surface area contributed by atoms with Gasteiger partial charge < -0.3 is 19.5 Å². The average Bonchev–Trinajstić information content (AvgIpc) is 2.56. The Kier molecular flexibility index (Phi) is 4.25. The smallest absolute Gasteiger partial charge is 0.337 e. The number of carbonyl (C=O) groups excluding carboxylic acids is 2. The topological polar surface area (TPSA) is 76.1 Å². The third kappa shape index (κ3) is 2.75. The molecule has 1 N–H and O–H groups in total. The van der Waals surface area contributed by atoms with Crippen LogP contribution in [0.15, 0.2) is 18.2 Å². The van der Waals surface area contributed by atoms with E-state index in [4.69, 9.17) is 9.47 Å². The number of rotatable bonds is 2. The van der Waals surface area contributed by atoms with Crippen molar-refractivity contribution in [2.75, 3.05) is 13.7 Å². The van der Waals surface area contributed by atoms with Gasteiger partial charge in [-0.05, 0) is 44.9 Å². The molecule has 1 aromatic carbocycles. The van der Waals surface area contributed by atoms with Gasteiger partial charge in [0.1, 0.15) is 17.5 Å². The van der Waals surface area contributed by atoms with Crippen molar-refractivity contribution in [3.63, 3.8) is 0 Å². The monoisotopic (exact) mass is 333 g/mol. The maximum Gasteiger partial charge on any atom is 0.337 e. The standard InChI is InChI=1S/C18H23NO5/c1-18(2)16(21)15(19-9-5-4-6-14(19)20)12-10-11(17(22)23-3)7-8-13(12)24-18/h7-8,10,15-16,21H,4-6,9H2,1-3H3/t15-,16+/m0/s1. The Balaban J connectivity index is 2.09. The minimum atomic E-state index is -0.889. The lowest BCUT2D eigenvalue weighted by atomic mass is 9.84. The number of hydrogen-bond acceptors (Lipinski definition) is 5. The van der Waals surface area contributed by atoms with E-state index in [1.807, 2.05) is 0 Å². The van der Waals surface area contributed by atoms with E-state index in [1.54, 1.807) is 36.9 Å². The number of methoxy groups -OCH3 is 1. The highest BCUT2D eigenvalue weighted by Gasteiger charge is 2.47. The largest absolute Gasteiger partial charge is 0.485 e. The maximum absolute atomic E-state index is 12.4. The molecule has 6 heteroatoms. The van der Waals surface area contributed by atoms with Gasteiger partial charge in [0.15, 0.2) is 0 Å². The fourth-order valence-corrected chi connectivity index (χ4v) is 3.47. The van der Waals surface area contributed by atoms with E-state index in [0.717, 1.165) is 12.8 Å². The van der Waals surface area contributed by atoms with Crippen LogP contribution in [0, 0.1) is 0 Å². The minimum Gasteiger partial charge on any atom is -0.485 e. The molecule has 0 saturated carbocycles. The molecule has 2 aliphatic heterocycles. The van der Waals surface area contributed by atoms with Gasteiger partial charge in [0, 0.05) is 18.5 Å². The number of likely N-dealkylation sites (tertiary alicyclic amines) is 1. The number of aliphatic hydroxyl groups is 1. The van der Waals surface area contributed by atoms with E-state index >= 15 is 0 Å². The number of fused-ring (bicyclic) bond motifs is 1. The Morgan fingerprint density at radius 2 is 2.12 bits per heavy atom. The molecule has 0 bridgehead atoms. The molecule has 0 radical (unpaired) electrons. The second kappa shape index (κ2) is 6.09. The van der Waals surface area contributed by atoms with Crippen molar-refractivity contribution in [2.24, 2.45) is 0 Å². The molecule has 24 heavy (non-hydrogen) atoms. The number of amides is 1. The quantitative estimate of drug-likeness (QED) is 0.839. The van der Waals surface area contributed by atoms with E-state index in [0.29, 0.717) is 29.8 Å². The van der Waals surface area contributed by atoms with E-state index in [-0.39, 0.29) is 5.91 Å². The molecule has 0 aromatic heterocycles. The first kappa shape index (κ1) is 16.8. The fraction of sp³-hybridized carbons (Fsp3) is 0.556. The molecule has 130 valence electrons. The summed E-state index contributed by atoms with van der Waals surface area (Å²) in [5.41, 5.74) is 0.198. The Morgan fingerprint density at radius 1 is 1.38 bits per heavy atom. The Bertz CT molecular complexity index is 669. The zero-order valence-corrected chi connectivity index (χ0v) is 14.2. The highest BCUT2D eigenvalue weighted by molar-refractivity contribution is 5.90. The molecule has 1 saturated heterocycles. The van der Waals surface area contributed by atoms with Gasteiger partial charge in [-0.2, -0.15) is 0 Å². The zero-order valence-electron chi connectivity index (χ0n) is 14.2. The molecule has 0 unspecified atom stereocenters. The van der Waals surface area contributed by atoms with Crippen molar-refractivity contribution < 1.29 is 24.2 Å². The van der Waals surface area contributed by atoms with Crippen molar-refractivity contribution in [3.8, 4) is 5.75 Å². The van der Waals surface area contributed by atoms with Gasteiger partial charge in [0.25, 0.3) is 0 Å². The number of nitrogens with zero attached hydrogens (tertiary/aromatic N) is 1. The first-order chi connectivity index (χ1) is 11.3. The number of carbonyl (C=O) groups is 2. The van der Waals surface area contributed by atoms with Crippen molar-refractivity contribution in [1.82, 2.24) is 4.90 Å². The predicted octanol–water partition coefficient (Wildman–Crippen LogP) is 2.06. The summed E-state index contributed by atoms with van der Waals surface area (Å²) in [6, 6.07) is 4.47. The highest BCUT2D eigenvalue weighted by Crippen LogP contribution is 2.44. The number of esters is 1. The number of piperidine rings is 1. The van der Waals surface area contributed by atoms with Crippen LogP contribution in [0.4, 0.5) is 0 Å². The second-order valence-corrected chi connectivity index (χ2v) is 6.88. The van der Waals surface area contributed by atoms with Crippen LogP contribution < -0.4 is 4.74 Å². The van der Waals surface area contributed by atoms with Crippen LogP contribution >= 0.6 is 0 Å². The SMILES string of the molecule is COC(=O)c1ccc2c(c1)[C@H](N1CCCCC1=O)[C@@H](O)C(C)(C)O2. The van der Waals surface area contributed by atoms with Gasteiger partial charge in [-0.1, -0.05) is 0 Å². The highest BCUT2D eigenvalue weighted by atomic mass is 16.5. The number of hydrogen-bond donors (Lipinski definition) is 1. The maximum atomic E-state index is 12.4. The molecule has 1 fully saturated rings. The van der Waals surface area contributed by atoms with Crippen molar-refractivity contribution in [2.45, 2.75) is 50.9 Å². The molecular weight excluding hydrogens is 310 g/mol. The van der Waals surface area contributed by atoms with Gasteiger partial charge in [-0.25, -0.2) is 4.79 Å². The van der Waals surface area contributed by atoms with Crippen LogP contribution in [0.25, 0.3) is 0 Å². The summed E-state index contributed by atoms with van der Waals surface area (Å²) in [4.78, 5) is 26.0. The van der Waals surface area contributed by atoms with E-state index in [9.17, 15) is 14.7 Å². The molecule has 3 rings (SSSR count). The molecular formula is C18H23NO5. The zero-order chi connectivity index (χ0) is 17.5. The third-order valence-corrected chi connectivity index (χ3v) is 4.83. The van der Waals surface area contributed by atoms with Gasteiger partial charge in [0.2, 0.25) is 5.91 Å². The van der Waals surface area contributed by atoms with E-state index < -0.39 is 23.7 Å². The second-order valence-electron chi connectivity index (χ2n) is 6.88. The number of benzene rings is 1. The summed E-state index contributed by atoms with van der Waals surface area (Å²) in [6.45, 7) is 4.20. The van der Waals surface area contributed by atoms with Crippen molar-refractivity contribution in [3.05, 3.63) is 29.3 Å². The summed E-state index contributed by atoms with van der Waals surface area (Å²) >= 11 is 0. The van der Waals surface area contributed by atoms with Gasteiger partial charge in [-0.15, -0.1) is 0 Å². The molecule has 2 aliphatic rings. The normalized spacial score (nSPS) is 25.7. The van der Waals surface area contributed by atoms with Crippen molar-refractivity contribution >= 4 is 11.9 Å². The molecule has 2 heterocycles. The molecule has 6 nitrogen and oxygen atoms in total. The predicted molar refractivity (Wildman–Crippen MR) is 86.8 cm³/mol. The lowest BCUT2D eigenvalue weighted by Gasteiger charge is -2.47. The van der Waals surface area contributed by atoms with Crippen LogP contribution in [0.2, 0.25) is 0 Å². The minimum absolute atomic E-state index is 0.0254. The molecule has 1 amide bonds. The summed E-state index contributed by atoms with van der Waals surface area (Å²) in [7, 11) is 1.32. The van der Waals surface area contributed by atoms with E-state index in [2.05, 4.69) is 0 Å². The first-order valence-corrected chi connectivity index (χ1v) is 8.24. The Labute approximate surface area is 141 Å². The lowest BCUT2D eigenvalue weighted by molar-refractivity contribution is -0.147. The van der Waals surface area contributed by atoms with Gasteiger partial charge >= 0.3 is 5.97 Å². The van der Waals surface area contributed by atoms with Crippen LogP contribution in [0.1, 0.15) is 55.1 Å².